The zero-order chi connectivity index (χ0) is 18.8. The lowest BCUT2D eigenvalue weighted by Gasteiger charge is -2.03. The lowest BCUT2D eigenvalue weighted by atomic mass is 10.1. The summed E-state index contributed by atoms with van der Waals surface area (Å²) < 4.78 is 25.4. The summed E-state index contributed by atoms with van der Waals surface area (Å²) in [6.45, 7) is 0. The quantitative estimate of drug-likeness (QED) is 0.562. The van der Waals surface area contributed by atoms with Crippen LogP contribution >= 0.6 is 0 Å². The van der Waals surface area contributed by atoms with Gasteiger partial charge in [-0.2, -0.15) is 0 Å². The van der Waals surface area contributed by atoms with Gasteiger partial charge in [-0.25, -0.2) is 9.37 Å². The fourth-order valence-electron chi connectivity index (χ4n) is 2.89. The van der Waals surface area contributed by atoms with Crippen LogP contribution in [0.25, 0.3) is 33.9 Å². The molecule has 0 aliphatic carbocycles. The van der Waals surface area contributed by atoms with Gasteiger partial charge in [0.2, 0.25) is 0 Å². The average molecular weight is 377 g/mol. The van der Waals surface area contributed by atoms with Gasteiger partial charge in [0, 0.05) is 51.0 Å². The number of H-pyrrole nitrogens is 1. The molecule has 6 heteroatoms. The summed E-state index contributed by atoms with van der Waals surface area (Å²) in [4.78, 5) is 12.9. The van der Waals surface area contributed by atoms with Crippen molar-refractivity contribution in [2.24, 2.45) is 0 Å². The monoisotopic (exact) mass is 377 g/mol. The third-order valence-electron chi connectivity index (χ3n) is 4.23. The van der Waals surface area contributed by atoms with Gasteiger partial charge in [-0.05, 0) is 36.4 Å². The van der Waals surface area contributed by atoms with E-state index in [9.17, 15) is 8.60 Å². The fraction of sp³-hybridized carbons (Fsp3) is 0.0476. The zero-order valence-corrected chi connectivity index (χ0v) is 15.3. The van der Waals surface area contributed by atoms with Gasteiger partial charge in [-0.15, -0.1) is 0 Å². The van der Waals surface area contributed by atoms with Crippen LogP contribution in [0.15, 0.2) is 78.0 Å². The molecule has 0 aliphatic rings. The molecule has 0 aliphatic heterocycles. The summed E-state index contributed by atoms with van der Waals surface area (Å²) in [6, 6.07) is 17.5. The standard InChI is InChI=1S/C21H16FN3OS/c1-27(26)18-7-5-15(6-8-18)21-24-19(14-9-11-23-12-10-14)20(25-21)16-3-2-4-17(22)13-16/h2-13H,1H3,(H,24,25). The Hall–Kier alpha value is -3.12. The largest absolute Gasteiger partial charge is 0.337 e. The summed E-state index contributed by atoms with van der Waals surface area (Å²) in [6.07, 6.45) is 5.05. The molecule has 0 amide bonds. The molecular weight excluding hydrogens is 361 g/mol. The van der Waals surface area contributed by atoms with Crippen molar-refractivity contribution in [3.8, 4) is 33.9 Å². The van der Waals surface area contributed by atoms with E-state index in [1.165, 1.54) is 12.1 Å². The van der Waals surface area contributed by atoms with Gasteiger partial charge >= 0.3 is 0 Å². The van der Waals surface area contributed by atoms with Crippen LogP contribution in [-0.2, 0) is 10.8 Å². The van der Waals surface area contributed by atoms with Gasteiger partial charge in [-0.1, -0.05) is 24.3 Å². The van der Waals surface area contributed by atoms with E-state index in [4.69, 9.17) is 4.98 Å². The predicted molar refractivity (Wildman–Crippen MR) is 105 cm³/mol. The number of benzene rings is 2. The van der Waals surface area contributed by atoms with Crippen LogP contribution in [-0.4, -0.2) is 25.4 Å². The minimum Gasteiger partial charge on any atom is -0.337 e. The van der Waals surface area contributed by atoms with Crippen LogP contribution in [0.1, 0.15) is 0 Å². The summed E-state index contributed by atoms with van der Waals surface area (Å²) in [7, 11) is -1.03. The van der Waals surface area contributed by atoms with Crippen molar-refractivity contribution in [3.05, 3.63) is 78.9 Å². The highest BCUT2D eigenvalue weighted by Gasteiger charge is 2.16. The number of rotatable bonds is 4. The first-order chi connectivity index (χ1) is 13.1. The first-order valence-electron chi connectivity index (χ1n) is 8.32. The summed E-state index contributed by atoms with van der Waals surface area (Å²) in [5, 5.41) is 0. The molecule has 1 N–H and O–H groups in total. The smallest absolute Gasteiger partial charge is 0.138 e. The van der Waals surface area contributed by atoms with Crippen LogP contribution in [0.2, 0.25) is 0 Å². The fourth-order valence-corrected chi connectivity index (χ4v) is 3.41. The number of nitrogens with zero attached hydrogens (tertiary/aromatic N) is 2. The van der Waals surface area contributed by atoms with E-state index in [0.29, 0.717) is 17.1 Å². The topological polar surface area (TPSA) is 58.6 Å². The minimum atomic E-state index is -1.03. The zero-order valence-electron chi connectivity index (χ0n) is 14.5. The Morgan fingerprint density at radius 2 is 1.67 bits per heavy atom. The van der Waals surface area contributed by atoms with Crippen LogP contribution < -0.4 is 0 Å². The Morgan fingerprint density at radius 3 is 2.33 bits per heavy atom. The van der Waals surface area contributed by atoms with E-state index in [-0.39, 0.29) is 5.82 Å². The van der Waals surface area contributed by atoms with Crippen molar-refractivity contribution < 1.29 is 8.60 Å². The minimum absolute atomic E-state index is 0.312. The maximum atomic E-state index is 13.8. The molecule has 0 saturated carbocycles. The molecule has 1 atom stereocenters. The molecule has 2 heterocycles. The lowest BCUT2D eigenvalue weighted by Crippen LogP contribution is -1.87. The van der Waals surface area contributed by atoms with E-state index in [2.05, 4.69) is 9.97 Å². The van der Waals surface area contributed by atoms with Crippen molar-refractivity contribution in [2.45, 2.75) is 4.90 Å². The van der Waals surface area contributed by atoms with Crippen molar-refractivity contribution in [3.63, 3.8) is 0 Å². The number of aromatic nitrogens is 3. The molecule has 4 nitrogen and oxygen atoms in total. The number of aromatic amines is 1. The number of hydrogen-bond acceptors (Lipinski definition) is 3. The molecule has 134 valence electrons. The Labute approximate surface area is 158 Å². The van der Waals surface area contributed by atoms with Gasteiger partial charge in [0.1, 0.15) is 11.6 Å². The van der Waals surface area contributed by atoms with E-state index < -0.39 is 10.8 Å². The molecule has 0 bridgehead atoms. The second kappa shape index (κ2) is 7.25. The van der Waals surface area contributed by atoms with Crippen LogP contribution in [0.3, 0.4) is 0 Å². The summed E-state index contributed by atoms with van der Waals surface area (Å²) in [5.41, 5.74) is 3.92. The predicted octanol–water partition coefficient (Wildman–Crippen LogP) is 4.68. The molecule has 4 aromatic rings. The normalized spacial score (nSPS) is 12.1. The Bertz CT molecular complexity index is 1110. The van der Waals surface area contributed by atoms with Gasteiger partial charge in [-0.3, -0.25) is 9.19 Å². The van der Waals surface area contributed by atoms with Gasteiger partial charge < -0.3 is 4.98 Å². The summed E-state index contributed by atoms with van der Waals surface area (Å²) in [5.74, 6) is 0.349. The van der Waals surface area contributed by atoms with Crippen molar-refractivity contribution in [2.75, 3.05) is 6.26 Å². The molecular formula is C21H16FN3OS. The van der Waals surface area contributed by atoms with E-state index >= 15 is 0 Å². The van der Waals surface area contributed by atoms with Gasteiger partial charge in [0.15, 0.2) is 0 Å². The number of nitrogens with one attached hydrogen (secondary N) is 1. The molecule has 4 rings (SSSR count). The second-order valence-electron chi connectivity index (χ2n) is 6.03. The SMILES string of the molecule is CS(=O)c1ccc(-c2nc(-c3cccc(F)c3)c(-c3ccncc3)[nH]2)cc1. The van der Waals surface area contributed by atoms with Gasteiger partial charge in [0.25, 0.3) is 0 Å². The van der Waals surface area contributed by atoms with Gasteiger partial charge in [0.05, 0.1) is 11.4 Å². The Balaban J connectivity index is 1.86. The third kappa shape index (κ3) is 3.57. The molecule has 2 aromatic heterocycles. The van der Waals surface area contributed by atoms with Crippen molar-refractivity contribution in [1.29, 1.82) is 0 Å². The highest BCUT2D eigenvalue weighted by molar-refractivity contribution is 7.84. The van der Waals surface area contributed by atoms with E-state index in [1.54, 1.807) is 24.7 Å². The van der Waals surface area contributed by atoms with Crippen LogP contribution in [0.4, 0.5) is 4.39 Å². The molecule has 2 aromatic carbocycles. The maximum absolute atomic E-state index is 13.8. The number of pyridine rings is 1. The number of imidazole rings is 1. The van der Waals surface area contributed by atoms with Crippen molar-refractivity contribution in [1.82, 2.24) is 15.0 Å². The third-order valence-corrected chi connectivity index (χ3v) is 5.17. The van der Waals surface area contributed by atoms with Crippen LogP contribution in [0, 0.1) is 5.82 Å². The first-order valence-corrected chi connectivity index (χ1v) is 9.88. The molecule has 0 fully saturated rings. The first kappa shape index (κ1) is 17.3. The maximum Gasteiger partial charge on any atom is 0.138 e. The molecule has 0 radical (unpaired) electrons. The molecule has 1 unspecified atom stereocenters. The van der Waals surface area contributed by atoms with E-state index in [0.717, 1.165) is 21.7 Å². The van der Waals surface area contributed by atoms with Crippen molar-refractivity contribution >= 4 is 10.8 Å². The van der Waals surface area contributed by atoms with Crippen LogP contribution in [0.5, 0.6) is 0 Å². The summed E-state index contributed by atoms with van der Waals surface area (Å²) >= 11 is 0. The highest BCUT2D eigenvalue weighted by atomic mass is 32.2. The molecule has 27 heavy (non-hydrogen) atoms. The molecule has 0 spiro atoms. The van der Waals surface area contributed by atoms with E-state index in [1.807, 2.05) is 42.5 Å². The molecule has 0 saturated heterocycles. The average Bonchev–Trinajstić information content (AvgIpc) is 3.14. The highest BCUT2D eigenvalue weighted by Crippen LogP contribution is 2.33. The lowest BCUT2D eigenvalue weighted by molar-refractivity contribution is 0.628. The Kier molecular flexibility index (Phi) is 4.64. The number of halogens is 1. The number of hydrogen-bond donors (Lipinski definition) is 1. The Morgan fingerprint density at radius 1 is 0.926 bits per heavy atom. The second-order valence-corrected chi connectivity index (χ2v) is 7.41.